The zero-order valence-electron chi connectivity index (χ0n) is 13.2. The Bertz CT molecular complexity index is 567. The number of carbonyl (C=O) groups is 3. The largest absolute Gasteiger partial charge is 0.481 e. The summed E-state index contributed by atoms with van der Waals surface area (Å²) in [6.07, 6.45) is -2.29. The summed E-state index contributed by atoms with van der Waals surface area (Å²) < 4.78 is 0. The van der Waals surface area contributed by atoms with Gasteiger partial charge in [-0.25, -0.2) is 4.79 Å². The Morgan fingerprint density at radius 3 is 1.70 bits per heavy atom. The lowest BCUT2D eigenvalue weighted by Gasteiger charge is -2.18. The Morgan fingerprint density at radius 1 is 0.957 bits per heavy atom. The van der Waals surface area contributed by atoms with Crippen molar-refractivity contribution in [3.8, 4) is 0 Å². The van der Waals surface area contributed by atoms with E-state index < -0.39 is 36.4 Å². The monoisotopic (exact) mass is 327 g/mol. The van der Waals surface area contributed by atoms with Gasteiger partial charge in [0.1, 0.15) is 0 Å². The minimum absolute atomic E-state index is 0.892. The van der Waals surface area contributed by atoms with Crippen LogP contribution in [0.25, 0.3) is 0 Å². The lowest BCUT2D eigenvalue weighted by atomic mass is 9.96. The van der Waals surface area contributed by atoms with Crippen LogP contribution in [-0.4, -0.2) is 43.9 Å². The van der Waals surface area contributed by atoms with Gasteiger partial charge in [-0.1, -0.05) is 6.07 Å². The molecule has 0 radical (unpaired) electrons. The average Bonchev–Trinajstić information content (AvgIpc) is 2.39. The minimum Gasteiger partial charge on any atom is -0.481 e. The predicted octanol–water partition coefficient (Wildman–Crippen LogP) is 0.946. The Hall–Kier alpha value is -2.61. The average molecular weight is 327 g/mol. The molecule has 0 saturated heterocycles. The maximum absolute atomic E-state index is 10.3. The second-order valence-electron chi connectivity index (χ2n) is 5.20. The number of aryl methyl sites for hydroxylation is 1. The summed E-state index contributed by atoms with van der Waals surface area (Å²) in [5.41, 5.74) is 7.67. The van der Waals surface area contributed by atoms with E-state index in [2.05, 4.69) is 26.8 Å². The van der Waals surface area contributed by atoms with Crippen LogP contribution in [0, 0.1) is 20.8 Å². The van der Waals surface area contributed by atoms with E-state index in [1.54, 1.807) is 0 Å². The molecule has 0 atom stereocenters. The van der Waals surface area contributed by atoms with Crippen molar-refractivity contribution in [2.75, 3.05) is 5.73 Å². The van der Waals surface area contributed by atoms with Crippen molar-refractivity contribution in [3.63, 3.8) is 0 Å². The topological polar surface area (TPSA) is 158 Å². The third-order valence-electron chi connectivity index (χ3n) is 3.39. The molecule has 1 aromatic rings. The molecule has 0 aliphatic rings. The van der Waals surface area contributed by atoms with Gasteiger partial charge in [0, 0.05) is 5.69 Å². The summed E-state index contributed by atoms with van der Waals surface area (Å²) in [6, 6.07) is 4.01. The molecule has 1 aromatic carbocycles. The first-order valence-electron chi connectivity index (χ1n) is 6.62. The highest BCUT2D eigenvalue weighted by atomic mass is 16.4. The molecule has 8 heteroatoms. The smallest absolute Gasteiger partial charge is 0.336 e. The van der Waals surface area contributed by atoms with Crippen molar-refractivity contribution in [2.24, 2.45) is 0 Å². The maximum Gasteiger partial charge on any atom is 0.336 e. The lowest BCUT2D eigenvalue weighted by molar-refractivity contribution is -0.170. The number of hydrogen-bond donors (Lipinski definition) is 5. The molecule has 1 rings (SSSR count). The zero-order chi connectivity index (χ0) is 18.4. The van der Waals surface area contributed by atoms with Gasteiger partial charge >= 0.3 is 17.9 Å². The second-order valence-corrected chi connectivity index (χ2v) is 5.20. The number of nitrogen functional groups attached to an aromatic ring is 1. The molecular formula is C15H21NO7. The van der Waals surface area contributed by atoms with Crippen LogP contribution in [0.5, 0.6) is 0 Å². The van der Waals surface area contributed by atoms with Crippen molar-refractivity contribution < 1.29 is 34.8 Å². The predicted molar refractivity (Wildman–Crippen MR) is 82.2 cm³/mol. The van der Waals surface area contributed by atoms with Gasteiger partial charge in [-0.05, 0) is 43.5 Å². The van der Waals surface area contributed by atoms with E-state index in [1.807, 2.05) is 6.07 Å². The molecule has 0 saturated carbocycles. The summed E-state index contributed by atoms with van der Waals surface area (Å²) in [4.78, 5) is 30.5. The van der Waals surface area contributed by atoms with Crippen molar-refractivity contribution in [1.29, 1.82) is 0 Å². The Labute approximate surface area is 133 Å². The number of aliphatic carboxylic acids is 3. The van der Waals surface area contributed by atoms with Gasteiger partial charge < -0.3 is 26.2 Å². The molecule has 0 fully saturated rings. The standard InChI is InChI=1S/C9H13N.C6H8O7/c1-6-4-5-9(10)8(3)7(6)2;7-3(8)1-6(13,5(11)12)2-4(9)10/h4-5H,10H2,1-3H3;13H,1-2H2,(H,7,8)(H,9,10)(H,11,12). The SMILES string of the molecule is Cc1ccc(N)c(C)c1C.O=C(O)CC(O)(CC(=O)O)C(=O)O. The molecule has 23 heavy (non-hydrogen) atoms. The van der Waals surface area contributed by atoms with Crippen LogP contribution >= 0.6 is 0 Å². The number of carboxylic acid groups (broad SMARTS) is 3. The van der Waals surface area contributed by atoms with Gasteiger partial charge in [-0.15, -0.1) is 0 Å². The molecule has 0 aliphatic heterocycles. The van der Waals surface area contributed by atoms with Gasteiger partial charge in [-0.2, -0.15) is 0 Å². The minimum atomic E-state index is -2.74. The van der Waals surface area contributed by atoms with E-state index in [0.717, 1.165) is 5.69 Å². The fourth-order valence-corrected chi connectivity index (χ4v) is 1.69. The van der Waals surface area contributed by atoms with Crippen molar-refractivity contribution in [1.82, 2.24) is 0 Å². The van der Waals surface area contributed by atoms with E-state index in [4.69, 9.17) is 26.2 Å². The summed E-state index contributed by atoms with van der Waals surface area (Å²) in [6.45, 7) is 6.25. The molecule has 0 amide bonds. The van der Waals surface area contributed by atoms with Crippen LogP contribution in [0.15, 0.2) is 12.1 Å². The Kier molecular flexibility index (Phi) is 7.21. The number of aliphatic hydroxyl groups is 1. The lowest BCUT2D eigenvalue weighted by Crippen LogP contribution is -2.42. The van der Waals surface area contributed by atoms with E-state index in [9.17, 15) is 14.4 Å². The summed E-state index contributed by atoms with van der Waals surface area (Å²) in [5, 5.41) is 33.8. The van der Waals surface area contributed by atoms with Crippen LogP contribution in [0.3, 0.4) is 0 Å². The normalized spacial score (nSPS) is 10.4. The van der Waals surface area contributed by atoms with Crippen molar-refractivity contribution in [3.05, 3.63) is 28.8 Å². The summed E-state index contributed by atoms with van der Waals surface area (Å²) in [7, 11) is 0. The molecular weight excluding hydrogens is 306 g/mol. The zero-order valence-corrected chi connectivity index (χ0v) is 13.2. The number of hydrogen-bond acceptors (Lipinski definition) is 5. The highest BCUT2D eigenvalue weighted by Gasteiger charge is 2.40. The summed E-state index contributed by atoms with van der Waals surface area (Å²) >= 11 is 0. The number of nitrogens with two attached hydrogens (primary N) is 1. The van der Waals surface area contributed by atoms with Crippen molar-refractivity contribution in [2.45, 2.75) is 39.2 Å². The van der Waals surface area contributed by atoms with Crippen molar-refractivity contribution >= 4 is 23.6 Å². The van der Waals surface area contributed by atoms with Crippen LogP contribution in [-0.2, 0) is 14.4 Å². The van der Waals surface area contributed by atoms with Gasteiger partial charge in [-0.3, -0.25) is 9.59 Å². The van der Waals surface area contributed by atoms with Crippen LogP contribution < -0.4 is 5.73 Å². The molecule has 0 aliphatic carbocycles. The fourth-order valence-electron chi connectivity index (χ4n) is 1.69. The van der Waals surface area contributed by atoms with Gasteiger partial charge in [0.05, 0.1) is 12.8 Å². The van der Waals surface area contributed by atoms with Crippen LogP contribution in [0.2, 0.25) is 0 Å². The number of benzene rings is 1. The maximum atomic E-state index is 10.3. The molecule has 0 heterocycles. The van der Waals surface area contributed by atoms with Crippen LogP contribution in [0.1, 0.15) is 29.5 Å². The van der Waals surface area contributed by atoms with E-state index >= 15 is 0 Å². The first kappa shape index (κ1) is 20.4. The molecule has 8 nitrogen and oxygen atoms in total. The van der Waals surface area contributed by atoms with E-state index in [0.29, 0.717) is 0 Å². The summed E-state index contributed by atoms with van der Waals surface area (Å²) in [5.74, 6) is -5.02. The first-order valence-corrected chi connectivity index (χ1v) is 6.62. The molecule has 0 bridgehead atoms. The Morgan fingerprint density at radius 2 is 1.39 bits per heavy atom. The Balaban J connectivity index is 0.000000433. The quantitative estimate of drug-likeness (QED) is 0.500. The number of carboxylic acids is 3. The van der Waals surface area contributed by atoms with E-state index in [-0.39, 0.29) is 0 Å². The highest BCUT2D eigenvalue weighted by molar-refractivity contribution is 5.88. The number of anilines is 1. The first-order chi connectivity index (χ1) is 10.4. The molecule has 0 aromatic heterocycles. The number of rotatable bonds is 5. The molecule has 0 spiro atoms. The third kappa shape index (κ3) is 6.35. The molecule has 128 valence electrons. The molecule has 0 unspecified atom stereocenters. The second kappa shape index (κ2) is 8.14. The third-order valence-corrected chi connectivity index (χ3v) is 3.39. The van der Waals surface area contributed by atoms with Gasteiger partial charge in [0.25, 0.3) is 0 Å². The van der Waals surface area contributed by atoms with E-state index in [1.165, 1.54) is 16.7 Å². The highest BCUT2D eigenvalue weighted by Crippen LogP contribution is 2.18. The fraction of sp³-hybridized carbons (Fsp3) is 0.400. The van der Waals surface area contributed by atoms with Crippen LogP contribution in [0.4, 0.5) is 5.69 Å². The molecule has 6 N–H and O–H groups in total. The van der Waals surface area contributed by atoms with Gasteiger partial charge in [0.15, 0.2) is 5.60 Å². The van der Waals surface area contributed by atoms with Gasteiger partial charge in [0.2, 0.25) is 0 Å².